The summed E-state index contributed by atoms with van der Waals surface area (Å²) in [7, 11) is 0. The molecular weight excluding hydrogens is 222 g/mol. The summed E-state index contributed by atoms with van der Waals surface area (Å²) in [6.07, 6.45) is 3.77. The summed E-state index contributed by atoms with van der Waals surface area (Å²) in [4.78, 5) is 0. The Morgan fingerprint density at radius 1 is 1.24 bits per heavy atom. The highest BCUT2D eigenvalue weighted by atomic mass is 19.1. The zero-order valence-electron chi connectivity index (χ0n) is 10.0. The molecule has 0 heterocycles. The minimum atomic E-state index is -1.20. The van der Waals surface area contributed by atoms with Crippen LogP contribution in [0.15, 0.2) is 18.2 Å². The van der Waals surface area contributed by atoms with Crippen molar-refractivity contribution in [2.24, 2.45) is 5.92 Å². The third kappa shape index (κ3) is 2.65. The second kappa shape index (κ2) is 4.73. The fraction of sp³-hybridized carbons (Fsp3) is 0.571. The Hall–Kier alpha value is -0.960. The average molecular weight is 240 g/mol. The first kappa shape index (κ1) is 12.5. The third-order valence-electron chi connectivity index (χ3n) is 3.77. The molecule has 1 N–H and O–H groups in total. The molecule has 1 saturated carbocycles. The van der Waals surface area contributed by atoms with Gasteiger partial charge < -0.3 is 5.11 Å². The van der Waals surface area contributed by atoms with E-state index in [0.29, 0.717) is 18.8 Å². The molecule has 0 aliphatic heterocycles. The van der Waals surface area contributed by atoms with Crippen molar-refractivity contribution >= 4 is 0 Å². The van der Waals surface area contributed by atoms with Gasteiger partial charge in [0.05, 0.1) is 5.60 Å². The molecule has 0 aromatic heterocycles. The number of halogens is 2. The van der Waals surface area contributed by atoms with Crippen LogP contribution in [0.4, 0.5) is 8.78 Å². The second-order valence-electron chi connectivity index (χ2n) is 5.19. The van der Waals surface area contributed by atoms with Crippen molar-refractivity contribution in [1.29, 1.82) is 0 Å². The van der Waals surface area contributed by atoms with Crippen LogP contribution in [0.25, 0.3) is 0 Å². The van der Waals surface area contributed by atoms with Gasteiger partial charge in [0.25, 0.3) is 0 Å². The Morgan fingerprint density at radius 2 is 2.00 bits per heavy atom. The Balaban J connectivity index is 2.33. The summed E-state index contributed by atoms with van der Waals surface area (Å²) >= 11 is 0. The van der Waals surface area contributed by atoms with E-state index in [-0.39, 0.29) is 5.56 Å². The number of benzene rings is 1. The summed E-state index contributed by atoms with van der Waals surface area (Å²) < 4.78 is 26.9. The molecule has 1 fully saturated rings. The zero-order valence-corrected chi connectivity index (χ0v) is 10.0. The smallest absolute Gasteiger partial charge is 0.129 e. The fourth-order valence-corrected chi connectivity index (χ4v) is 2.62. The molecule has 2 rings (SSSR count). The van der Waals surface area contributed by atoms with E-state index in [9.17, 15) is 13.9 Å². The van der Waals surface area contributed by atoms with Crippen LogP contribution in [0, 0.1) is 17.6 Å². The predicted molar refractivity (Wildman–Crippen MR) is 62.5 cm³/mol. The van der Waals surface area contributed by atoms with Gasteiger partial charge in [-0.05, 0) is 49.8 Å². The van der Waals surface area contributed by atoms with Gasteiger partial charge in [-0.25, -0.2) is 8.78 Å². The SMILES string of the molecule is CC1CCCC(O)(c2cc(F)ccc2F)CC1. The first-order valence-corrected chi connectivity index (χ1v) is 6.19. The van der Waals surface area contributed by atoms with Crippen LogP contribution in [0.2, 0.25) is 0 Å². The standard InChI is InChI=1S/C14H18F2O/c1-10-3-2-7-14(17,8-6-10)12-9-11(15)4-5-13(12)16/h4-5,9-10,17H,2-3,6-8H2,1H3. The minimum absolute atomic E-state index is 0.117. The molecule has 1 aliphatic carbocycles. The van der Waals surface area contributed by atoms with E-state index in [0.717, 1.165) is 37.5 Å². The molecule has 0 radical (unpaired) electrons. The molecule has 3 heteroatoms. The molecule has 1 aromatic carbocycles. The summed E-state index contributed by atoms with van der Waals surface area (Å²) in [5.41, 5.74) is -1.08. The Bertz CT molecular complexity index is 405. The molecule has 0 amide bonds. The normalized spacial score (nSPS) is 30.0. The highest BCUT2D eigenvalue weighted by Gasteiger charge is 2.34. The van der Waals surface area contributed by atoms with Gasteiger partial charge in [-0.3, -0.25) is 0 Å². The van der Waals surface area contributed by atoms with Gasteiger partial charge in [0.2, 0.25) is 0 Å². The number of hydrogen-bond acceptors (Lipinski definition) is 1. The van der Waals surface area contributed by atoms with Crippen molar-refractivity contribution in [2.75, 3.05) is 0 Å². The molecule has 1 nitrogen and oxygen atoms in total. The molecular formula is C14H18F2O. The second-order valence-corrected chi connectivity index (χ2v) is 5.19. The zero-order chi connectivity index (χ0) is 12.5. The van der Waals surface area contributed by atoms with Crippen LogP contribution in [-0.2, 0) is 5.60 Å². The topological polar surface area (TPSA) is 20.2 Å². The van der Waals surface area contributed by atoms with Gasteiger partial charge in [0, 0.05) is 5.56 Å². The first-order valence-electron chi connectivity index (χ1n) is 6.19. The first-order chi connectivity index (χ1) is 8.01. The highest BCUT2D eigenvalue weighted by Crippen LogP contribution is 2.38. The van der Waals surface area contributed by atoms with Gasteiger partial charge in [0.15, 0.2) is 0 Å². The maximum Gasteiger partial charge on any atom is 0.129 e. The number of hydrogen-bond donors (Lipinski definition) is 1. The van der Waals surface area contributed by atoms with Crippen molar-refractivity contribution in [3.63, 3.8) is 0 Å². The van der Waals surface area contributed by atoms with E-state index >= 15 is 0 Å². The van der Waals surface area contributed by atoms with E-state index in [1.807, 2.05) is 0 Å². The summed E-state index contributed by atoms with van der Waals surface area (Å²) in [5, 5.41) is 10.5. The molecule has 2 atom stereocenters. The molecule has 1 aromatic rings. The molecule has 0 spiro atoms. The summed E-state index contributed by atoms with van der Waals surface area (Å²) in [5.74, 6) is -0.462. The fourth-order valence-electron chi connectivity index (χ4n) is 2.62. The predicted octanol–water partition coefficient (Wildman–Crippen LogP) is 3.75. The quantitative estimate of drug-likeness (QED) is 0.741. The van der Waals surface area contributed by atoms with Crippen molar-refractivity contribution in [3.8, 4) is 0 Å². The minimum Gasteiger partial charge on any atom is -0.385 e. The Labute approximate surface area is 100 Å². The van der Waals surface area contributed by atoms with E-state index in [1.165, 1.54) is 0 Å². The van der Waals surface area contributed by atoms with Crippen LogP contribution in [-0.4, -0.2) is 5.11 Å². The lowest BCUT2D eigenvalue weighted by Crippen LogP contribution is -2.26. The Kier molecular flexibility index (Phi) is 3.48. The van der Waals surface area contributed by atoms with Gasteiger partial charge in [-0.2, -0.15) is 0 Å². The van der Waals surface area contributed by atoms with Crippen LogP contribution in [0.1, 0.15) is 44.6 Å². The van der Waals surface area contributed by atoms with Gasteiger partial charge in [0.1, 0.15) is 11.6 Å². The van der Waals surface area contributed by atoms with Crippen LogP contribution in [0.3, 0.4) is 0 Å². The van der Waals surface area contributed by atoms with Crippen LogP contribution >= 0.6 is 0 Å². The highest BCUT2D eigenvalue weighted by molar-refractivity contribution is 5.25. The van der Waals surface area contributed by atoms with E-state index in [2.05, 4.69) is 6.92 Å². The Morgan fingerprint density at radius 3 is 2.76 bits per heavy atom. The lowest BCUT2D eigenvalue weighted by molar-refractivity contribution is 0.0161. The maximum atomic E-state index is 13.7. The number of rotatable bonds is 1. The third-order valence-corrected chi connectivity index (χ3v) is 3.77. The lowest BCUT2D eigenvalue weighted by atomic mass is 9.86. The summed E-state index contributed by atoms with van der Waals surface area (Å²) in [6, 6.07) is 3.31. The van der Waals surface area contributed by atoms with E-state index in [1.54, 1.807) is 0 Å². The summed E-state index contributed by atoms with van der Waals surface area (Å²) in [6.45, 7) is 2.13. The van der Waals surface area contributed by atoms with Gasteiger partial charge >= 0.3 is 0 Å². The molecule has 0 bridgehead atoms. The van der Waals surface area contributed by atoms with Crippen molar-refractivity contribution in [2.45, 2.75) is 44.6 Å². The average Bonchev–Trinajstić information content (AvgIpc) is 2.46. The molecule has 94 valence electrons. The van der Waals surface area contributed by atoms with E-state index < -0.39 is 17.2 Å². The van der Waals surface area contributed by atoms with E-state index in [4.69, 9.17) is 0 Å². The van der Waals surface area contributed by atoms with Crippen molar-refractivity contribution in [1.82, 2.24) is 0 Å². The molecule has 0 saturated heterocycles. The van der Waals surface area contributed by atoms with Crippen molar-refractivity contribution < 1.29 is 13.9 Å². The van der Waals surface area contributed by atoms with Gasteiger partial charge in [-0.1, -0.05) is 13.3 Å². The molecule has 1 aliphatic rings. The van der Waals surface area contributed by atoms with Crippen LogP contribution in [0.5, 0.6) is 0 Å². The van der Waals surface area contributed by atoms with Gasteiger partial charge in [-0.15, -0.1) is 0 Å². The number of aliphatic hydroxyl groups is 1. The molecule has 2 unspecified atom stereocenters. The maximum absolute atomic E-state index is 13.7. The lowest BCUT2D eigenvalue weighted by Gasteiger charge is -2.27. The monoisotopic (exact) mass is 240 g/mol. The van der Waals surface area contributed by atoms with Crippen LogP contribution < -0.4 is 0 Å². The molecule has 17 heavy (non-hydrogen) atoms. The van der Waals surface area contributed by atoms with Crippen molar-refractivity contribution in [3.05, 3.63) is 35.4 Å². The largest absolute Gasteiger partial charge is 0.385 e.